The normalized spacial score (nSPS) is 11.3. The molecule has 1 heterocycles. The maximum atomic E-state index is 13.5. The van der Waals surface area contributed by atoms with Gasteiger partial charge in [-0.15, -0.1) is 0 Å². The van der Waals surface area contributed by atoms with Crippen LogP contribution in [0.5, 0.6) is 0 Å². The van der Waals surface area contributed by atoms with Crippen molar-refractivity contribution in [1.29, 1.82) is 0 Å². The van der Waals surface area contributed by atoms with E-state index in [1.54, 1.807) is 5.10 Å². The first kappa shape index (κ1) is 18.0. The van der Waals surface area contributed by atoms with Crippen LogP contribution < -0.4 is 5.32 Å². The van der Waals surface area contributed by atoms with E-state index >= 15 is 0 Å². The lowest BCUT2D eigenvalue weighted by Gasteiger charge is -2.14. The fourth-order valence-corrected chi connectivity index (χ4v) is 2.62. The zero-order chi connectivity index (χ0) is 17.9. The number of aromatic nitrogens is 2. The highest BCUT2D eigenvalue weighted by atomic mass is 19.3. The Hall–Kier alpha value is -2.31. The van der Waals surface area contributed by atoms with Gasteiger partial charge in [-0.25, -0.2) is 8.78 Å². The third-order valence-electron chi connectivity index (χ3n) is 3.78. The van der Waals surface area contributed by atoms with Gasteiger partial charge in [0.25, 0.3) is 12.3 Å². The van der Waals surface area contributed by atoms with Crippen LogP contribution in [0.25, 0.3) is 0 Å². The molecule has 4 nitrogen and oxygen atoms in total. The number of amides is 1. The van der Waals surface area contributed by atoms with Gasteiger partial charge in [0.15, 0.2) is 0 Å². The zero-order valence-corrected chi connectivity index (χ0v) is 13.8. The van der Waals surface area contributed by atoms with Crippen molar-refractivity contribution < 1.29 is 18.0 Å². The molecule has 1 aromatic carbocycles. The summed E-state index contributed by atoms with van der Waals surface area (Å²) < 4.78 is 39.0. The molecule has 0 aliphatic rings. The van der Waals surface area contributed by atoms with Crippen molar-refractivity contribution in [2.24, 2.45) is 0 Å². The van der Waals surface area contributed by atoms with E-state index < -0.39 is 29.5 Å². The Bertz CT molecular complexity index is 726. The van der Waals surface area contributed by atoms with E-state index in [9.17, 15) is 18.0 Å². The molecular formula is C17H20F3N3O. The highest BCUT2D eigenvalue weighted by Gasteiger charge is 2.26. The summed E-state index contributed by atoms with van der Waals surface area (Å²) in [4.78, 5) is 12.0. The number of carbonyl (C=O) groups is 1. The number of rotatable bonds is 6. The van der Waals surface area contributed by atoms with Gasteiger partial charge < -0.3 is 5.32 Å². The Morgan fingerprint density at radius 2 is 2.04 bits per heavy atom. The lowest BCUT2D eigenvalue weighted by molar-refractivity contribution is 0.0935. The molecule has 0 spiro atoms. The van der Waals surface area contributed by atoms with Gasteiger partial charge in [0.1, 0.15) is 11.3 Å². The average molecular weight is 339 g/mol. The fourth-order valence-electron chi connectivity index (χ4n) is 2.62. The Kier molecular flexibility index (Phi) is 5.64. The molecular weight excluding hydrogens is 319 g/mol. The second-order valence-electron chi connectivity index (χ2n) is 5.96. The number of aryl methyl sites for hydroxylation is 1. The van der Waals surface area contributed by atoms with E-state index in [0.29, 0.717) is 12.3 Å². The van der Waals surface area contributed by atoms with Crippen LogP contribution >= 0.6 is 0 Å². The summed E-state index contributed by atoms with van der Waals surface area (Å²) in [5.41, 5.74) is 1.74. The number of benzene rings is 1. The van der Waals surface area contributed by atoms with E-state index in [1.807, 2.05) is 25.1 Å². The van der Waals surface area contributed by atoms with Crippen molar-refractivity contribution in [2.45, 2.75) is 39.5 Å². The van der Waals surface area contributed by atoms with E-state index in [1.165, 1.54) is 0 Å². The zero-order valence-electron chi connectivity index (χ0n) is 13.8. The lowest BCUT2D eigenvalue weighted by Crippen LogP contribution is -2.27. The lowest BCUT2D eigenvalue weighted by atomic mass is 9.94. The van der Waals surface area contributed by atoms with Gasteiger partial charge in [0, 0.05) is 6.54 Å². The minimum atomic E-state index is -3.02. The van der Waals surface area contributed by atoms with Crippen molar-refractivity contribution in [1.82, 2.24) is 15.5 Å². The number of nitrogens with zero attached hydrogens (tertiary/aromatic N) is 1. The highest BCUT2D eigenvalue weighted by Crippen LogP contribution is 2.23. The Morgan fingerprint density at radius 1 is 1.33 bits per heavy atom. The number of aromatic amines is 1. The quantitative estimate of drug-likeness (QED) is 0.839. The monoisotopic (exact) mass is 339 g/mol. The largest absolute Gasteiger partial charge is 0.351 e. The first-order chi connectivity index (χ1) is 11.3. The molecule has 130 valence electrons. The number of hydrogen-bond donors (Lipinski definition) is 2. The molecule has 2 aromatic rings. The summed E-state index contributed by atoms with van der Waals surface area (Å²) in [6.07, 6.45) is -2.49. The topological polar surface area (TPSA) is 57.8 Å². The van der Waals surface area contributed by atoms with Gasteiger partial charge in [-0.3, -0.25) is 9.89 Å². The van der Waals surface area contributed by atoms with Crippen molar-refractivity contribution in [3.05, 3.63) is 52.1 Å². The predicted molar refractivity (Wildman–Crippen MR) is 84.8 cm³/mol. The molecule has 1 aromatic heterocycles. The van der Waals surface area contributed by atoms with Crippen LogP contribution in [0.2, 0.25) is 0 Å². The van der Waals surface area contributed by atoms with Gasteiger partial charge in [0.05, 0.1) is 0 Å². The van der Waals surface area contributed by atoms with Crippen LogP contribution in [0.4, 0.5) is 13.2 Å². The highest BCUT2D eigenvalue weighted by molar-refractivity contribution is 5.95. The van der Waals surface area contributed by atoms with Crippen LogP contribution in [0.1, 0.15) is 58.9 Å². The molecule has 0 aliphatic heterocycles. The van der Waals surface area contributed by atoms with Gasteiger partial charge in [0.2, 0.25) is 5.95 Å². The standard InChI is InChI=1S/C17H20F3N3O/c1-9(2)12-5-4-10(3)8-11(12)6-7-21-17(24)13-14(15(18)19)22-23-16(13)20/h4-5,8-9,15H,6-7H2,1-3H3,(H,21,24)(H,22,23). The number of halogens is 3. The van der Waals surface area contributed by atoms with E-state index in [2.05, 4.69) is 24.3 Å². The maximum Gasteiger partial charge on any atom is 0.283 e. The van der Waals surface area contributed by atoms with Crippen molar-refractivity contribution >= 4 is 5.91 Å². The molecule has 0 unspecified atom stereocenters. The third kappa shape index (κ3) is 3.96. The van der Waals surface area contributed by atoms with E-state index in [-0.39, 0.29) is 6.54 Å². The molecule has 0 bridgehead atoms. The van der Waals surface area contributed by atoms with Crippen LogP contribution in [0, 0.1) is 12.9 Å². The molecule has 0 atom stereocenters. The molecule has 2 N–H and O–H groups in total. The smallest absolute Gasteiger partial charge is 0.283 e. The Labute approximate surface area is 138 Å². The SMILES string of the molecule is Cc1ccc(C(C)C)c(CCNC(=O)c2c(C(F)F)n[nH]c2F)c1. The fraction of sp³-hybridized carbons (Fsp3) is 0.412. The molecule has 1 amide bonds. The minimum Gasteiger partial charge on any atom is -0.351 e. The molecule has 7 heteroatoms. The summed E-state index contributed by atoms with van der Waals surface area (Å²) in [5.74, 6) is -1.72. The first-order valence-electron chi connectivity index (χ1n) is 7.70. The molecule has 0 saturated heterocycles. The van der Waals surface area contributed by atoms with Gasteiger partial charge >= 0.3 is 0 Å². The minimum absolute atomic E-state index is 0.218. The van der Waals surface area contributed by atoms with Crippen LogP contribution in [-0.2, 0) is 6.42 Å². The second-order valence-corrected chi connectivity index (χ2v) is 5.96. The molecule has 0 fully saturated rings. The van der Waals surface area contributed by atoms with Gasteiger partial charge in [-0.2, -0.15) is 9.49 Å². The third-order valence-corrected chi connectivity index (χ3v) is 3.78. The Balaban J connectivity index is 2.06. The van der Waals surface area contributed by atoms with Crippen molar-refractivity contribution in [3.8, 4) is 0 Å². The van der Waals surface area contributed by atoms with E-state index in [0.717, 1.165) is 16.7 Å². The first-order valence-corrected chi connectivity index (χ1v) is 7.70. The summed E-state index contributed by atoms with van der Waals surface area (Å²) in [6.45, 7) is 6.34. The molecule has 0 saturated carbocycles. The number of hydrogen-bond acceptors (Lipinski definition) is 2. The Morgan fingerprint density at radius 3 is 2.67 bits per heavy atom. The van der Waals surface area contributed by atoms with E-state index in [4.69, 9.17) is 0 Å². The second kappa shape index (κ2) is 7.51. The average Bonchev–Trinajstić information content (AvgIpc) is 2.89. The molecule has 0 radical (unpaired) electrons. The summed E-state index contributed by atoms with van der Waals surface area (Å²) in [5, 5.41) is 7.41. The summed E-state index contributed by atoms with van der Waals surface area (Å²) >= 11 is 0. The molecule has 24 heavy (non-hydrogen) atoms. The molecule has 0 aliphatic carbocycles. The number of H-pyrrole nitrogens is 1. The van der Waals surface area contributed by atoms with Crippen LogP contribution in [0.15, 0.2) is 18.2 Å². The maximum absolute atomic E-state index is 13.5. The van der Waals surface area contributed by atoms with Crippen LogP contribution in [-0.4, -0.2) is 22.6 Å². The van der Waals surface area contributed by atoms with Gasteiger partial charge in [-0.1, -0.05) is 37.6 Å². The molecule has 2 rings (SSSR count). The number of alkyl halides is 2. The van der Waals surface area contributed by atoms with Crippen molar-refractivity contribution in [2.75, 3.05) is 6.54 Å². The summed E-state index contributed by atoms with van der Waals surface area (Å²) in [7, 11) is 0. The van der Waals surface area contributed by atoms with Crippen molar-refractivity contribution in [3.63, 3.8) is 0 Å². The number of nitrogens with one attached hydrogen (secondary N) is 2. The van der Waals surface area contributed by atoms with Gasteiger partial charge in [-0.05, 0) is 30.4 Å². The van der Waals surface area contributed by atoms with Crippen LogP contribution in [0.3, 0.4) is 0 Å². The summed E-state index contributed by atoms with van der Waals surface area (Å²) in [6, 6.07) is 6.10. The predicted octanol–water partition coefficient (Wildman–Crippen LogP) is 3.89. The number of carbonyl (C=O) groups excluding carboxylic acids is 1.